The van der Waals surface area contributed by atoms with Crippen LogP contribution in [0.2, 0.25) is 0 Å². The molecule has 0 fully saturated rings. The molecule has 28 heavy (non-hydrogen) atoms. The van der Waals surface area contributed by atoms with Gasteiger partial charge in [0, 0.05) is 12.5 Å². The third-order valence-electron chi connectivity index (χ3n) is 4.72. The van der Waals surface area contributed by atoms with Gasteiger partial charge in [0.2, 0.25) is 5.91 Å². The Kier molecular flexibility index (Phi) is 7.44. The lowest BCUT2D eigenvalue weighted by Crippen LogP contribution is -2.45. The van der Waals surface area contributed by atoms with Gasteiger partial charge in [-0.3, -0.25) is 4.79 Å². The molecule has 0 aliphatic rings. The fourth-order valence-electron chi connectivity index (χ4n) is 3.05. The number of ether oxygens (including phenoxy) is 2. The average molecular weight is 385 g/mol. The van der Waals surface area contributed by atoms with Crippen LogP contribution in [0, 0.1) is 5.92 Å². The van der Waals surface area contributed by atoms with Gasteiger partial charge in [-0.1, -0.05) is 43.3 Å². The van der Waals surface area contributed by atoms with Crippen molar-refractivity contribution < 1.29 is 24.2 Å². The molecule has 0 bridgehead atoms. The molecule has 150 valence electrons. The van der Waals surface area contributed by atoms with Crippen LogP contribution in [-0.4, -0.2) is 42.1 Å². The zero-order chi connectivity index (χ0) is 20.7. The van der Waals surface area contributed by atoms with Crippen LogP contribution in [0.5, 0.6) is 11.5 Å². The van der Waals surface area contributed by atoms with Crippen molar-refractivity contribution in [3.8, 4) is 11.5 Å². The van der Waals surface area contributed by atoms with E-state index in [9.17, 15) is 14.7 Å². The molecule has 0 spiro atoms. The summed E-state index contributed by atoms with van der Waals surface area (Å²) in [6.45, 7) is 3.60. The first-order valence-corrected chi connectivity index (χ1v) is 9.15. The number of carbonyl (C=O) groups excluding carboxylic acids is 1. The number of aliphatic carboxylic acids is 1. The molecule has 0 aliphatic carbocycles. The lowest BCUT2D eigenvalue weighted by Gasteiger charge is -2.29. The minimum atomic E-state index is -1.03. The number of carbonyl (C=O) groups is 2. The van der Waals surface area contributed by atoms with Gasteiger partial charge in [-0.2, -0.15) is 0 Å². The van der Waals surface area contributed by atoms with Gasteiger partial charge in [0.15, 0.2) is 11.5 Å². The monoisotopic (exact) mass is 385 g/mol. The van der Waals surface area contributed by atoms with E-state index >= 15 is 0 Å². The number of carboxylic acid groups (broad SMARTS) is 1. The highest BCUT2D eigenvalue weighted by molar-refractivity contribution is 5.84. The van der Waals surface area contributed by atoms with E-state index in [2.05, 4.69) is 0 Å². The first-order chi connectivity index (χ1) is 13.4. The maximum Gasteiger partial charge on any atom is 0.326 e. The fraction of sp³-hybridized carbons (Fsp3) is 0.364. The molecule has 0 aliphatic heterocycles. The van der Waals surface area contributed by atoms with Crippen LogP contribution in [0.4, 0.5) is 0 Å². The average Bonchev–Trinajstić information content (AvgIpc) is 2.71. The summed E-state index contributed by atoms with van der Waals surface area (Å²) < 4.78 is 10.6. The lowest BCUT2D eigenvalue weighted by molar-refractivity contribution is -0.151. The Balaban J connectivity index is 2.19. The highest BCUT2D eigenvalue weighted by atomic mass is 16.5. The Bertz CT molecular complexity index is 806. The number of hydrogen-bond donors (Lipinski definition) is 1. The first-order valence-electron chi connectivity index (χ1n) is 9.15. The van der Waals surface area contributed by atoms with Gasteiger partial charge in [-0.05, 0) is 36.6 Å². The standard InChI is InChI=1S/C22H27NO5/c1-15(12-18-10-11-19(27-3)20(13-18)28-4)21(24)23(16(2)22(25)26)14-17-8-6-5-7-9-17/h5-11,13,15-16H,12,14H2,1-4H3,(H,25,26). The third kappa shape index (κ3) is 5.25. The van der Waals surface area contributed by atoms with E-state index in [1.165, 1.54) is 11.8 Å². The predicted molar refractivity (Wildman–Crippen MR) is 107 cm³/mol. The molecule has 2 unspecified atom stereocenters. The summed E-state index contributed by atoms with van der Waals surface area (Å²) in [5.41, 5.74) is 1.81. The normalized spacial score (nSPS) is 12.7. The van der Waals surface area contributed by atoms with Crippen LogP contribution in [0.3, 0.4) is 0 Å². The Morgan fingerprint density at radius 2 is 1.61 bits per heavy atom. The molecular formula is C22H27NO5. The zero-order valence-electron chi connectivity index (χ0n) is 16.7. The van der Waals surface area contributed by atoms with Gasteiger partial charge < -0.3 is 19.5 Å². The fourth-order valence-corrected chi connectivity index (χ4v) is 3.05. The van der Waals surface area contributed by atoms with Crippen molar-refractivity contribution in [3.63, 3.8) is 0 Å². The lowest BCUT2D eigenvalue weighted by atomic mass is 9.98. The van der Waals surface area contributed by atoms with Crippen molar-refractivity contribution in [2.75, 3.05) is 14.2 Å². The Morgan fingerprint density at radius 1 is 0.964 bits per heavy atom. The molecule has 6 nitrogen and oxygen atoms in total. The number of nitrogens with zero attached hydrogens (tertiary/aromatic N) is 1. The smallest absolute Gasteiger partial charge is 0.326 e. The van der Waals surface area contributed by atoms with Crippen LogP contribution in [-0.2, 0) is 22.6 Å². The minimum absolute atomic E-state index is 0.200. The van der Waals surface area contributed by atoms with Crippen LogP contribution in [0.15, 0.2) is 48.5 Å². The number of amides is 1. The molecule has 0 aromatic heterocycles. The van der Waals surface area contributed by atoms with Crippen molar-refractivity contribution in [1.82, 2.24) is 4.90 Å². The SMILES string of the molecule is COc1ccc(CC(C)C(=O)N(Cc2ccccc2)C(C)C(=O)O)cc1OC. The van der Waals surface area contributed by atoms with Gasteiger partial charge >= 0.3 is 5.97 Å². The van der Waals surface area contributed by atoms with E-state index in [1.807, 2.05) is 49.4 Å². The molecular weight excluding hydrogens is 358 g/mol. The predicted octanol–water partition coefficient (Wildman–Crippen LogP) is 3.38. The van der Waals surface area contributed by atoms with Gasteiger partial charge in [0.05, 0.1) is 14.2 Å². The van der Waals surface area contributed by atoms with Gasteiger partial charge in [0.1, 0.15) is 6.04 Å². The molecule has 0 saturated heterocycles. The first kappa shape index (κ1) is 21.3. The minimum Gasteiger partial charge on any atom is -0.493 e. The quantitative estimate of drug-likeness (QED) is 0.716. The summed E-state index contributed by atoms with van der Waals surface area (Å²) >= 11 is 0. The van der Waals surface area contributed by atoms with Gasteiger partial charge in [0.25, 0.3) is 0 Å². The van der Waals surface area contributed by atoms with Crippen LogP contribution < -0.4 is 9.47 Å². The summed E-state index contributed by atoms with van der Waals surface area (Å²) in [6, 6.07) is 14.0. The van der Waals surface area contributed by atoms with Crippen molar-refractivity contribution in [3.05, 3.63) is 59.7 Å². The maximum atomic E-state index is 13.1. The van der Waals surface area contributed by atoms with E-state index in [4.69, 9.17) is 9.47 Å². The van der Waals surface area contributed by atoms with Crippen LogP contribution >= 0.6 is 0 Å². The summed E-state index contributed by atoms with van der Waals surface area (Å²) in [7, 11) is 3.13. The van der Waals surface area contributed by atoms with Gasteiger partial charge in [-0.25, -0.2) is 4.79 Å². The van der Waals surface area contributed by atoms with E-state index in [0.717, 1.165) is 11.1 Å². The molecule has 2 aromatic rings. The van der Waals surface area contributed by atoms with E-state index in [0.29, 0.717) is 17.9 Å². The number of rotatable bonds is 9. The molecule has 0 radical (unpaired) electrons. The molecule has 6 heteroatoms. The number of carboxylic acids is 1. The second-order valence-electron chi connectivity index (χ2n) is 6.76. The summed E-state index contributed by atoms with van der Waals surface area (Å²) in [5, 5.41) is 9.45. The highest BCUT2D eigenvalue weighted by Crippen LogP contribution is 2.29. The third-order valence-corrected chi connectivity index (χ3v) is 4.72. The molecule has 2 aromatic carbocycles. The largest absolute Gasteiger partial charge is 0.493 e. The van der Waals surface area contributed by atoms with Crippen molar-refractivity contribution in [2.45, 2.75) is 32.9 Å². The molecule has 2 atom stereocenters. The second-order valence-corrected chi connectivity index (χ2v) is 6.76. The molecule has 0 saturated carbocycles. The summed E-state index contributed by atoms with van der Waals surface area (Å²) in [6.07, 6.45) is 0.469. The van der Waals surface area contributed by atoms with Gasteiger partial charge in [-0.15, -0.1) is 0 Å². The summed E-state index contributed by atoms with van der Waals surface area (Å²) in [5.74, 6) is -0.394. The number of methoxy groups -OCH3 is 2. The molecule has 1 N–H and O–H groups in total. The van der Waals surface area contributed by atoms with E-state index in [1.54, 1.807) is 20.3 Å². The zero-order valence-corrected chi connectivity index (χ0v) is 16.7. The number of benzene rings is 2. The topological polar surface area (TPSA) is 76.1 Å². The van der Waals surface area contributed by atoms with E-state index in [-0.39, 0.29) is 18.4 Å². The van der Waals surface area contributed by atoms with Crippen molar-refractivity contribution in [1.29, 1.82) is 0 Å². The Hall–Kier alpha value is -3.02. The van der Waals surface area contributed by atoms with Crippen molar-refractivity contribution in [2.24, 2.45) is 5.92 Å². The molecule has 2 rings (SSSR count). The second kappa shape index (κ2) is 9.78. The molecule has 0 heterocycles. The van der Waals surface area contributed by atoms with Crippen LogP contribution in [0.1, 0.15) is 25.0 Å². The van der Waals surface area contributed by atoms with E-state index < -0.39 is 12.0 Å². The van der Waals surface area contributed by atoms with Crippen molar-refractivity contribution >= 4 is 11.9 Å². The molecule has 1 amide bonds. The maximum absolute atomic E-state index is 13.1. The summed E-state index contributed by atoms with van der Waals surface area (Å²) in [4.78, 5) is 26.0. The number of hydrogen-bond acceptors (Lipinski definition) is 4. The van der Waals surface area contributed by atoms with Crippen LogP contribution in [0.25, 0.3) is 0 Å². The highest BCUT2D eigenvalue weighted by Gasteiger charge is 2.29. The Morgan fingerprint density at radius 3 is 2.18 bits per heavy atom. The Labute approximate surface area is 165 Å².